The first-order valence-corrected chi connectivity index (χ1v) is 16.1. The van der Waals surface area contributed by atoms with E-state index >= 15 is 0 Å². The van der Waals surface area contributed by atoms with Crippen LogP contribution in [0, 0.1) is 0 Å². The molecule has 0 aliphatic rings. The second-order valence-corrected chi connectivity index (χ2v) is 11.1. The lowest BCUT2D eigenvalue weighted by Gasteiger charge is -2.03. The lowest BCUT2D eigenvalue weighted by molar-refractivity contribution is -0.135. The van der Waals surface area contributed by atoms with Crippen LogP contribution in [0.4, 0.5) is 0 Å². The van der Waals surface area contributed by atoms with Gasteiger partial charge in [-0.15, -0.1) is 0 Å². The summed E-state index contributed by atoms with van der Waals surface area (Å²) in [4.78, 5) is 49.7. The summed E-state index contributed by atoms with van der Waals surface area (Å²) in [5, 5.41) is 0. The molecule has 0 heterocycles. The molecule has 0 atom stereocenters. The minimum atomic E-state index is -0.411. The zero-order chi connectivity index (χ0) is 30.4. The molecule has 0 spiro atoms. The van der Waals surface area contributed by atoms with Crippen molar-refractivity contribution in [1.29, 1.82) is 0 Å². The second kappa shape index (κ2) is 21.4. The van der Waals surface area contributed by atoms with Gasteiger partial charge in [0, 0.05) is 12.8 Å². The smallest absolute Gasteiger partial charge is 0.311 e. The van der Waals surface area contributed by atoms with Crippen LogP contribution in [0.2, 0.25) is 0 Å². The van der Waals surface area contributed by atoms with Gasteiger partial charge in [-0.05, 0) is 48.2 Å². The average Bonchev–Trinajstić information content (AvgIpc) is 3.27. The van der Waals surface area contributed by atoms with Gasteiger partial charge in [0.2, 0.25) is 10.9 Å². The van der Waals surface area contributed by atoms with Crippen molar-refractivity contribution in [3.8, 4) is 22.6 Å². The van der Waals surface area contributed by atoms with Gasteiger partial charge in [0.1, 0.15) is 0 Å². The lowest BCUT2D eigenvalue weighted by Crippen LogP contribution is -2.12. The zero-order valence-electron chi connectivity index (χ0n) is 25.8. The van der Waals surface area contributed by atoms with Crippen LogP contribution < -0.4 is 20.3 Å². The fourth-order valence-electron chi connectivity index (χ4n) is 4.81. The highest BCUT2D eigenvalue weighted by Gasteiger charge is 2.10. The Bertz CT molecular complexity index is 1110. The van der Waals surface area contributed by atoms with Crippen molar-refractivity contribution in [3.05, 3.63) is 69.0 Å². The summed E-state index contributed by atoms with van der Waals surface area (Å²) in [7, 11) is 0. The van der Waals surface area contributed by atoms with E-state index in [1.807, 2.05) is 0 Å². The minimum Gasteiger partial charge on any atom is -0.422 e. The van der Waals surface area contributed by atoms with Crippen molar-refractivity contribution in [2.24, 2.45) is 0 Å². The Hall–Kier alpha value is -3.28. The minimum absolute atomic E-state index is 0.0220. The quantitative estimate of drug-likeness (QED) is 0.109. The second-order valence-electron chi connectivity index (χ2n) is 11.1. The van der Waals surface area contributed by atoms with Crippen molar-refractivity contribution in [2.75, 3.05) is 0 Å². The summed E-state index contributed by atoms with van der Waals surface area (Å²) in [5.41, 5.74) is 0.519. The fourth-order valence-corrected chi connectivity index (χ4v) is 4.81. The van der Waals surface area contributed by atoms with Crippen molar-refractivity contribution in [1.82, 2.24) is 0 Å². The van der Waals surface area contributed by atoms with Crippen LogP contribution in [0.3, 0.4) is 0 Å². The van der Waals surface area contributed by atoms with E-state index in [0.717, 1.165) is 38.5 Å². The predicted octanol–water partition coefficient (Wildman–Crippen LogP) is 8.95. The predicted molar refractivity (Wildman–Crippen MR) is 170 cm³/mol. The van der Waals surface area contributed by atoms with Gasteiger partial charge in [-0.2, -0.15) is 0 Å². The third-order valence-electron chi connectivity index (χ3n) is 7.39. The molecule has 0 aliphatic heterocycles. The van der Waals surface area contributed by atoms with Crippen molar-refractivity contribution in [3.63, 3.8) is 0 Å². The number of rotatable bonds is 21. The highest BCUT2D eigenvalue weighted by molar-refractivity contribution is 5.73. The molecular formula is C36H50O6. The highest BCUT2D eigenvalue weighted by atomic mass is 16.5. The van der Waals surface area contributed by atoms with Crippen LogP contribution in [0.15, 0.2) is 58.1 Å². The topological polar surface area (TPSA) is 86.7 Å². The summed E-state index contributed by atoms with van der Waals surface area (Å²) in [5.74, 6) is -0.866. The van der Waals surface area contributed by atoms with E-state index < -0.39 is 22.8 Å². The molecule has 0 N–H and O–H groups in total. The Morgan fingerprint density at radius 3 is 1.12 bits per heavy atom. The van der Waals surface area contributed by atoms with Crippen LogP contribution in [0.1, 0.15) is 129 Å². The van der Waals surface area contributed by atoms with E-state index in [0.29, 0.717) is 11.1 Å². The molecule has 2 rings (SSSR count). The van der Waals surface area contributed by atoms with E-state index in [1.54, 1.807) is 24.3 Å². The molecule has 0 saturated carbocycles. The molecular weight excluding hydrogens is 528 g/mol. The number of ether oxygens (including phenoxy) is 2. The summed E-state index contributed by atoms with van der Waals surface area (Å²) in [6.45, 7) is 4.40. The average molecular weight is 579 g/mol. The molecule has 0 radical (unpaired) electrons. The molecule has 2 aromatic rings. The van der Waals surface area contributed by atoms with Crippen LogP contribution in [-0.2, 0) is 9.59 Å². The molecule has 0 bridgehead atoms. The van der Waals surface area contributed by atoms with Gasteiger partial charge in [0.15, 0.2) is 11.5 Å². The van der Waals surface area contributed by atoms with Crippen LogP contribution >= 0.6 is 0 Å². The maximum atomic E-state index is 12.5. The maximum Gasteiger partial charge on any atom is 0.311 e. The molecule has 6 heteroatoms. The highest BCUT2D eigenvalue weighted by Crippen LogP contribution is 2.20. The molecule has 42 heavy (non-hydrogen) atoms. The number of hydrogen-bond donors (Lipinski definition) is 0. The third kappa shape index (κ3) is 14.6. The van der Waals surface area contributed by atoms with Crippen molar-refractivity contribution < 1.29 is 19.1 Å². The first-order chi connectivity index (χ1) is 20.4. The molecule has 0 fully saturated rings. The van der Waals surface area contributed by atoms with Crippen LogP contribution in [0.25, 0.3) is 11.1 Å². The monoisotopic (exact) mass is 578 g/mol. The van der Waals surface area contributed by atoms with Gasteiger partial charge in [0.25, 0.3) is 0 Å². The number of carbonyl (C=O) groups excluding carboxylic acids is 2. The Morgan fingerprint density at radius 2 is 0.762 bits per heavy atom. The first-order valence-electron chi connectivity index (χ1n) is 16.1. The molecule has 0 saturated heterocycles. The van der Waals surface area contributed by atoms with E-state index in [2.05, 4.69) is 13.8 Å². The lowest BCUT2D eigenvalue weighted by atomic mass is 10.1. The SMILES string of the molecule is CCCCCCCCCCC(=O)Oc1ccc(-c2ccc(OC(=O)CCCCCCCCCC)c(=O)cc2)ccc1=O. The largest absolute Gasteiger partial charge is 0.422 e. The molecule has 230 valence electrons. The number of hydrogen-bond acceptors (Lipinski definition) is 6. The molecule has 0 amide bonds. The maximum absolute atomic E-state index is 12.5. The summed E-state index contributed by atoms with van der Waals surface area (Å²) >= 11 is 0. The number of unbranched alkanes of at least 4 members (excludes halogenated alkanes) is 14. The first kappa shape index (κ1) is 34.9. The Morgan fingerprint density at radius 1 is 0.452 bits per heavy atom. The molecule has 0 aromatic heterocycles. The van der Waals surface area contributed by atoms with Gasteiger partial charge in [0.05, 0.1) is 0 Å². The van der Waals surface area contributed by atoms with Gasteiger partial charge in [-0.3, -0.25) is 19.2 Å². The van der Waals surface area contributed by atoms with Crippen molar-refractivity contribution >= 4 is 11.9 Å². The summed E-state index contributed by atoms with van der Waals surface area (Å²) < 4.78 is 10.7. The molecule has 6 nitrogen and oxygen atoms in total. The Balaban J connectivity index is 1.88. The van der Waals surface area contributed by atoms with Gasteiger partial charge >= 0.3 is 11.9 Å². The van der Waals surface area contributed by atoms with Crippen LogP contribution in [0.5, 0.6) is 11.5 Å². The van der Waals surface area contributed by atoms with Gasteiger partial charge in [-0.25, -0.2) is 0 Å². The van der Waals surface area contributed by atoms with Crippen LogP contribution in [-0.4, -0.2) is 11.9 Å². The van der Waals surface area contributed by atoms with E-state index in [4.69, 9.17) is 9.47 Å². The van der Waals surface area contributed by atoms with Crippen molar-refractivity contribution in [2.45, 2.75) is 129 Å². The van der Waals surface area contributed by atoms with E-state index in [9.17, 15) is 19.2 Å². The number of carbonyl (C=O) groups is 2. The molecule has 0 unspecified atom stereocenters. The van der Waals surface area contributed by atoms with E-state index in [1.165, 1.54) is 88.5 Å². The van der Waals surface area contributed by atoms with Gasteiger partial charge < -0.3 is 9.47 Å². The number of esters is 2. The molecule has 2 aromatic carbocycles. The summed E-state index contributed by atoms with van der Waals surface area (Å²) in [6.07, 6.45) is 18.6. The Labute approximate surface area is 251 Å². The summed E-state index contributed by atoms with van der Waals surface area (Å²) in [6, 6.07) is 12.3. The standard InChI is InChI=1S/C36H50O6/c1-3-5-7-9-11-13-15-17-19-35(39)41-33-27-23-29(21-25-31(33)37)30-22-26-32(38)34(28-24-30)42-36(40)20-18-16-14-12-10-8-6-4-2/h21-28H,3-20H2,1-2H3. The molecule has 0 aliphatic carbocycles. The fraction of sp³-hybridized carbons (Fsp3) is 0.556. The van der Waals surface area contributed by atoms with E-state index in [-0.39, 0.29) is 24.3 Å². The Kier molecular flexibility index (Phi) is 17.8. The third-order valence-corrected chi connectivity index (χ3v) is 7.39. The zero-order valence-corrected chi connectivity index (χ0v) is 25.8. The normalized spacial score (nSPS) is 10.8. The van der Waals surface area contributed by atoms with Gasteiger partial charge in [-0.1, -0.05) is 128 Å².